The molecule has 1 aliphatic rings. The number of thiophene rings is 1. The minimum atomic E-state index is 0.863. The molecule has 1 aliphatic carbocycles. The highest BCUT2D eigenvalue weighted by Gasteiger charge is 2.31. The number of benzene rings is 6. The van der Waals surface area contributed by atoms with Crippen molar-refractivity contribution in [1.29, 1.82) is 0 Å². The summed E-state index contributed by atoms with van der Waals surface area (Å²) in [6.07, 6.45) is 0. The van der Waals surface area contributed by atoms with E-state index < -0.39 is 0 Å². The van der Waals surface area contributed by atoms with E-state index >= 15 is 0 Å². The van der Waals surface area contributed by atoms with Crippen LogP contribution in [0.5, 0.6) is 0 Å². The number of fused-ring (bicyclic) bond motifs is 9. The Kier molecular flexibility index (Phi) is 4.33. The number of para-hydroxylation sites is 2. The first kappa shape index (κ1) is 22.4. The molecular weight excluding hydrogens is 531 g/mol. The quantitative estimate of drug-likeness (QED) is 0.214. The molecule has 0 amide bonds. The Morgan fingerprint density at radius 3 is 2.02 bits per heavy atom. The summed E-state index contributed by atoms with van der Waals surface area (Å²) in [5.74, 6) is 0.863. The fraction of sp³-hybridized carbons (Fsp3) is 0. The lowest BCUT2D eigenvalue weighted by Gasteiger charge is -2.13. The standard InChI is InChI=1S/C38H21N3S/c1-2-10-23(11-3-1)35-37(40-30-19-7-6-18-29(30)39-35)41-31-21-25-13-5-4-12-24(25)20-28(31)34-33-26-16-8-14-22-15-9-17-27(32(22)26)36(33)42-38(34)41/h1-21H. The van der Waals surface area contributed by atoms with Crippen molar-refractivity contribution in [2.24, 2.45) is 0 Å². The van der Waals surface area contributed by atoms with Gasteiger partial charge in [-0.1, -0.05) is 103 Å². The van der Waals surface area contributed by atoms with E-state index in [1.165, 1.54) is 58.7 Å². The molecule has 0 aliphatic heterocycles. The van der Waals surface area contributed by atoms with Crippen molar-refractivity contribution in [3.05, 3.63) is 127 Å². The van der Waals surface area contributed by atoms with Crippen LogP contribution in [0.4, 0.5) is 0 Å². The summed E-state index contributed by atoms with van der Waals surface area (Å²) >= 11 is 1.87. The molecule has 4 heteroatoms. The molecule has 10 rings (SSSR count). The molecular formula is C38H21N3S. The first-order valence-electron chi connectivity index (χ1n) is 14.2. The van der Waals surface area contributed by atoms with Gasteiger partial charge in [0, 0.05) is 32.3 Å². The highest BCUT2D eigenvalue weighted by atomic mass is 32.1. The summed E-state index contributed by atoms with van der Waals surface area (Å²) in [7, 11) is 0. The first-order chi connectivity index (χ1) is 20.8. The molecule has 0 spiro atoms. The maximum absolute atomic E-state index is 5.35. The maximum Gasteiger partial charge on any atom is 0.165 e. The van der Waals surface area contributed by atoms with Gasteiger partial charge in [-0.3, -0.25) is 4.57 Å². The molecule has 0 fully saturated rings. The molecule has 42 heavy (non-hydrogen) atoms. The molecule has 9 aromatic rings. The third-order valence-corrected chi connectivity index (χ3v) is 9.91. The van der Waals surface area contributed by atoms with Crippen LogP contribution < -0.4 is 0 Å². The van der Waals surface area contributed by atoms with Gasteiger partial charge >= 0.3 is 0 Å². The van der Waals surface area contributed by atoms with Crippen LogP contribution >= 0.6 is 11.3 Å². The van der Waals surface area contributed by atoms with E-state index in [4.69, 9.17) is 9.97 Å². The van der Waals surface area contributed by atoms with Gasteiger partial charge in [-0.2, -0.15) is 0 Å². The second-order valence-corrected chi connectivity index (χ2v) is 12.0. The molecule has 194 valence electrons. The van der Waals surface area contributed by atoms with Crippen molar-refractivity contribution in [2.75, 3.05) is 0 Å². The van der Waals surface area contributed by atoms with Crippen LogP contribution in [0, 0.1) is 0 Å². The van der Waals surface area contributed by atoms with Crippen LogP contribution in [0.3, 0.4) is 0 Å². The average molecular weight is 552 g/mol. The van der Waals surface area contributed by atoms with E-state index in [1.54, 1.807) is 0 Å². The lowest BCUT2D eigenvalue weighted by atomic mass is 10.0. The van der Waals surface area contributed by atoms with Crippen molar-refractivity contribution in [1.82, 2.24) is 14.5 Å². The van der Waals surface area contributed by atoms with E-state index in [0.29, 0.717) is 0 Å². The Balaban J connectivity index is 1.42. The molecule has 0 bridgehead atoms. The van der Waals surface area contributed by atoms with E-state index in [1.807, 2.05) is 29.5 Å². The average Bonchev–Trinajstić information content (AvgIpc) is 3.67. The Morgan fingerprint density at radius 2 is 1.21 bits per heavy atom. The van der Waals surface area contributed by atoms with Crippen molar-refractivity contribution in [3.63, 3.8) is 0 Å². The molecule has 3 heterocycles. The molecule has 3 nitrogen and oxygen atoms in total. The second-order valence-electron chi connectivity index (χ2n) is 11.0. The zero-order valence-corrected chi connectivity index (χ0v) is 23.2. The lowest BCUT2D eigenvalue weighted by Crippen LogP contribution is -2.03. The van der Waals surface area contributed by atoms with Gasteiger partial charge < -0.3 is 0 Å². The maximum atomic E-state index is 5.35. The summed E-state index contributed by atoms with van der Waals surface area (Å²) in [5, 5.41) is 7.66. The second kappa shape index (κ2) is 8.12. The van der Waals surface area contributed by atoms with Gasteiger partial charge in [0.2, 0.25) is 0 Å². The van der Waals surface area contributed by atoms with Crippen molar-refractivity contribution < 1.29 is 0 Å². The Labute approximate surface area is 245 Å². The zero-order chi connectivity index (χ0) is 27.4. The van der Waals surface area contributed by atoms with Crippen LogP contribution in [-0.4, -0.2) is 14.5 Å². The van der Waals surface area contributed by atoms with Crippen LogP contribution in [0.1, 0.15) is 0 Å². The topological polar surface area (TPSA) is 30.7 Å². The molecule has 6 aromatic carbocycles. The molecule has 0 radical (unpaired) electrons. The van der Waals surface area contributed by atoms with Crippen molar-refractivity contribution in [2.45, 2.75) is 0 Å². The fourth-order valence-corrected chi connectivity index (χ4v) is 8.26. The van der Waals surface area contributed by atoms with Crippen LogP contribution in [0.15, 0.2) is 127 Å². The highest BCUT2D eigenvalue weighted by Crippen LogP contribution is 2.57. The molecule has 0 N–H and O–H groups in total. The van der Waals surface area contributed by atoms with Gasteiger partial charge in [0.05, 0.1) is 16.6 Å². The summed E-state index contributed by atoms with van der Waals surface area (Å²) < 4.78 is 2.38. The zero-order valence-electron chi connectivity index (χ0n) is 22.4. The lowest BCUT2D eigenvalue weighted by molar-refractivity contribution is 1.09. The molecule has 0 unspecified atom stereocenters. The Bertz CT molecular complexity index is 2570. The minimum Gasteiger partial charge on any atom is -0.283 e. The van der Waals surface area contributed by atoms with E-state index in [2.05, 4.69) is 114 Å². The van der Waals surface area contributed by atoms with Crippen molar-refractivity contribution in [3.8, 4) is 38.6 Å². The van der Waals surface area contributed by atoms with Crippen LogP contribution in [0.25, 0.3) is 92.3 Å². The highest BCUT2D eigenvalue weighted by molar-refractivity contribution is 7.23. The summed E-state index contributed by atoms with van der Waals surface area (Å²) in [5.41, 5.74) is 8.88. The van der Waals surface area contributed by atoms with E-state index in [0.717, 1.165) is 33.6 Å². The van der Waals surface area contributed by atoms with Gasteiger partial charge in [0.15, 0.2) is 5.82 Å². The van der Waals surface area contributed by atoms with Gasteiger partial charge in [-0.25, -0.2) is 9.97 Å². The number of nitrogens with zero attached hydrogens (tertiary/aromatic N) is 3. The summed E-state index contributed by atoms with van der Waals surface area (Å²) in [6.45, 7) is 0. The summed E-state index contributed by atoms with van der Waals surface area (Å²) in [4.78, 5) is 13.1. The normalized spacial score (nSPS) is 12.3. The Hall–Kier alpha value is -5.32. The van der Waals surface area contributed by atoms with E-state index in [-0.39, 0.29) is 0 Å². The minimum absolute atomic E-state index is 0.863. The first-order valence-corrected chi connectivity index (χ1v) is 15.0. The smallest absolute Gasteiger partial charge is 0.165 e. The molecule has 0 atom stereocenters. The third kappa shape index (κ3) is 2.89. The van der Waals surface area contributed by atoms with Gasteiger partial charge in [-0.15, -0.1) is 11.3 Å². The van der Waals surface area contributed by atoms with Crippen LogP contribution in [0.2, 0.25) is 0 Å². The third-order valence-electron chi connectivity index (χ3n) is 8.70. The van der Waals surface area contributed by atoms with Crippen molar-refractivity contribution >= 4 is 65.0 Å². The van der Waals surface area contributed by atoms with Crippen LogP contribution in [-0.2, 0) is 0 Å². The van der Waals surface area contributed by atoms with E-state index in [9.17, 15) is 0 Å². The molecule has 0 saturated heterocycles. The van der Waals surface area contributed by atoms with Gasteiger partial charge in [0.1, 0.15) is 10.5 Å². The number of hydrogen-bond acceptors (Lipinski definition) is 3. The largest absolute Gasteiger partial charge is 0.283 e. The fourth-order valence-electron chi connectivity index (χ4n) is 6.88. The number of aromatic nitrogens is 3. The predicted molar refractivity (Wildman–Crippen MR) is 177 cm³/mol. The number of rotatable bonds is 2. The SMILES string of the molecule is c1ccc(-c2nc3ccccc3nc2-n2c3cc4ccccc4cc3c3c4c(sc32)-c2cccc3cccc-4c23)cc1. The van der Waals surface area contributed by atoms with Gasteiger partial charge in [0.25, 0.3) is 0 Å². The molecule has 0 saturated carbocycles. The summed E-state index contributed by atoms with van der Waals surface area (Å²) in [6, 6.07) is 45.4. The Morgan fingerprint density at radius 1 is 0.548 bits per heavy atom. The van der Waals surface area contributed by atoms with Gasteiger partial charge in [-0.05, 0) is 51.4 Å². The molecule has 3 aromatic heterocycles. The number of hydrogen-bond donors (Lipinski definition) is 0. The monoisotopic (exact) mass is 551 g/mol. The predicted octanol–water partition coefficient (Wildman–Crippen LogP) is 10.4.